The minimum atomic E-state index is -2.89. The van der Waals surface area contributed by atoms with Crippen molar-refractivity contribution >= 4 is 35.8 Å². The van der Waals surface area contributed by atoms with Gasteiger partial charge in [0.15, 0.2) is 5.96 Å². The average Bonchev–Trinajstić information content (AvgIpc) is 2.75. The molecule has 0 bridgehead atoms. The Morgan fingerprint density at radius 2 is 1.74 bits per heavy atom. The van der Waals surface area contributed by atoms with Gasteiger partial charge in [0, 0.05) is 25.7 Å². The number of hydrogen-bond donors (Lipinski definition) is 4. The highest BCUT2D eigenvalue weighted by Gasteiger charge is 2.10. The van der Waals surface area contributed by atoms with Crippen LogP contribution in [-0.2, 0) is 6.54 Å². The number of amides is 1. The average molecular weight is 548 g/mol. The standard InChI is InChI=1S/C21H26F2N4O3.HI/c1-3-25-21(26-12-14-4-6-16(7-5-14)19(29)24-2)27-13-18(28)15-8-10-17(11-9-15)30-20(22)23;/h4-11,18,20,28H,3,12-13H2,1-2H3,(H,24,29)(H2,25,26,27);1H. The summed E-state index contributed by atoms with van der Waals surface area (Å²) < 4.78 is 28.7. The van der Waals surface area contributed by atoms with Gasteiger partial charge in [-0.3, -0.25) is 4.79 Å². The third-order valence-corrected chi connectivity index (χ3v) is 4.16. The number of guanidine groups is 1. The molecule has 0 aliphatic carbocycles. The number of rotatable bonds is 9. The number of nitrogens with one attached hydrogen (secondary N) is 3. The maximum absolute atomic E-state index is 12.2. The molecule has 4 N–H and O–H groups in total. The van der Waals surface area contributed by atoms with Gasteiger partial charge < -0.3 is 25.8 Å². The largest absolute Gasteiger partial charge is 0.435 e. The quantitative estimate of drug-likeness (QED) is 0.220. The second-order valence-electron chi connectivity index (χ2n) is 6.32. The van der Waals surface area contributed by atoms with Crippen molar-refractivity contribution in [3.05, 3.63) is 65.2 Å². The van der Waals surface area contributed by atoms with Gasteiger partial charge >= 0.3 is 6.61 Å². The van der Waals surface area contributed by atoms with Gasteiger partial charge in [0.2, 0.25) is 0 Å². The summed E-state index contributed by atoms with van der Waals surface area (Å²) in [5.41, 5.74) is 2.06. The van der Waals surface area contributed by atoms with Crippen molar-refractivity contribution in [2.24, 2.45) is 4.99 Å². The zero-order chi connectivity index (χ0) is 21.9. The molecule has 10 heteroatoms. The molecule has 2 rings (SSSR count). The fraction of sp³-hybridized carbons (Fsp3) is 0.333. The van der Waals surface area contributed by atoms with Crippen LogP contribution in [-0.4, -0.2) is 43.7 Å². The lowest BCUT2D eigenvalue weighted by Crippen LogP contribution is -2.39. The van der Waals surface area contributed by atoms with Crippen molar-refractivity contribution in [3.63, 3.8) is 0 Å². The molecule has 170 valence electrons. The second-order valence-corrected chi connectivity index (χ2v) is 6.32. The molecule has 0 saturated heterocycles. The van der Waals surface area contributed by atoms with Crippen molar-refractivity contribution in [2.45, 2.75) is 26.2 Å². The van der Waals surface area contributed by atoms with Crippen molar-refractivity contribution in [1.82, 2.24) is 16.0 Å². The van der Waals surface area contributed by atoms with E-state index in [1.807, 2.05) is 19.1 Å². The fourth-order valence-electron chi connectivity index (χ4n) is 2.60. The number of aliphatic hydroxyl groups excluding tert-OH is 1. The van der Waals surface area contributed by atoms with Crippen LogP contribution in [0.2, 0.25) is 0 Å². The van der Waals surface area contributed by atoms with Gasteiger partial charge in [0.05, 0.1) is 12.6 Å². The molecule has 0 aliphatic heterocycles. The number of alkyl halides is 2. The van der Waals surface area contributed by atoms with Gasteiger partial charge in [-0.25, -0.2) is 4.99 Å². The molecule has 0 radical (unpaired) electrons. The lowest BCUT2D eigenvalue weighted by atomic mass is 10.1. The van der Waals surface area contributed by atoms with E-state index in [9.17, 15) is 18.7 Å². The SMILES string of the molecule is CCNC(=NCc1ccc(C(=O)NC)cc1)NCC(O)c1ccc(OC(F)F)cc1.I. The van der Waals surface area contributed by atoms with Crippen LogP contribution in [0.3, 0.4) is 0 Å². The number of halogens is 3. The lowest BCUT2D eigenvalue weighted by Gasteiger charge is -2.16. The van der Waals surface area contributed by atoms with E-state index in [4.69, 9.17) is 0 Å². The maximum atomic E-state index is 12.2. The molecule has 0 spiro atoms. The number of carbonyl (C=O) groups excluding carboxylic acids is 1. The Morgan fingerprint density at radius 3 is 2.29 bits per heavy atom. The Labute approximate surface area is 197 Å². The number of hydrogen-bond acceptors (Lipinski definition) is 4. The van der Waals surface area contributed by atoms with Gasteiger partial charge in [-0.1, -0.05) is 24.3 Å². The van der Waals surface area contributed by atoms with Crippen LogP contribution in [0.1, 0.15) is 34.5 Å². The molecule has 1 atom stereocenters. The fourth-order valence-corrected chi connectivity index (χ4v) is 2.60. The van der Waals surface area contributed by atoms with E-state index in [0.717, 1.165) is 5.56 Å². The topological polar surface area (TPSA) is 95.0 Å². The molecule has 0 aliphatic rings. The summed E-state index contributed by atoms with van der Waals surface area (Å²) in [6, 6.07) is 12.9. The van der Waals surface area contributed by atoms with Crippen molar-refractivity contribution in [3.8, 4) is 5.75 Å². The molecule has 2 aromatic rings. The number of ether oxygens (including phenoxy) is 1. The molecule has 0 heterocycles. The summed E-state index contributed by atoms with van der Waals surface area (Å²) in [6.45, 7) is 0.238. The molecule has 1 amide bonds. The summed E-state index contributed by atoms with van der Waals surface area (Å²) in [5, 5.41) is 19.0. The zero-order valence-electron chi connectivity index (χ0n) is 17.3. The van der Waals surface area contributed by atoms with Crippen LogP contribution in [0.4, 0.5) is 8.78 Å². The smallest absolute Gasteiger partial charge is 0.387 e. The molecule has 2 aromatic carbocycles. The minimum Gasteiger partial charge on any atom is -0.435 e. The summed E-state index contributed by atoms with van der Waals surface area (Å²) in [4.78, 5) is 16.1. The van der Waals surface area contributed by atoms with E-state index in [1.165, 1.54) is 24.3 Å². The number of nitrogens with zero attached hydrogens (tertiary/aromatic N) is 1. The van der Waals surface area contributed by atoms with Gasteiger partial charge in [-0.2, -0.15) is 8.78 Å². The van der Waals surface area contributed by atoms with E-state index >= 15 is 0 Å². The molecule has 1 unspecified atom stereocenters. The van der Waals surface area contributed by atoms with E-state index in [1.54, 1.807) is 19.2 Å². The Balaban J connectivity index is 0.00000480. The number of carbonyl (C=O) groups is 1. The molecular weight excluding hydrogens is 521 g/mol. The van der Waals surface area contributed by atoms with Crippen molar-refractivity contribution in [2.75, 3.05) is 20.1 Å². The van der Waals surface area contributed by atoms with Crippen molar-refractivity contribution in [1.29, 1.82) is 0 Å². The van der Waals surface area contributed by atoms with E-state index in [2.05, 4.69) is 25.7 Å². The Kier molecular flexibility index (Phi) is 11.8. The predicted octanol–water partition coefficient (Wildman–Crippen LogP) is 3.05. The summed E-state index contributed by atoms with van der Waals surface area (Å²) in [6.07, 6.45) is -0.860. The Bertz CT molecular complexity index is 834. The van der Waals surface area contributed by atoms with Crippen LogP contribution >= 0.6 is 24.0 Å². The van der Waals surface area contributed by atoms with Gasteiger partial charge in [-0.05, 0) is 42.3 Å². The first kappa shape index (κ1) is 26.6. The van der Waals surface area contributed by atoms with Gasteiger partial charge in [0.1, 0.15) is 5.75 Å². The molecule has 0 saturated carbocycles. The Hall–Kier alpha value is -2.47. The van der Waals surface area contributed by atoms with Crippen LogP contribution < -0.4 is 20.7 Å². The lowest BCUT2D eigenvalue weighted by molar-refractivity contribution is -0.0498. The predicted molar refractivity (Wildman–Crippen MR) is 126 cm³/mol. The van der Waals surface area contributed by atoms with Gasteiger partial charge in [0.25, 0.3) is 5.91 Å². The maximum Gasteiger partial charge on any atom is 0.387 e. The monoisotopic (exact) mass is 548 g/mol. The number of aliphatic hydroxyl groups is 1. The van der Waals surface area contributed by atoms with Crippen LogP contribution in [0.25, 0.3) is 0 Å². The van der Waals surface area contributed by atoms with Crippen molar-refractivity contribution < 1.29 is 23.4 Å². The zero-order valence-corrected chi connectivity index (χ0v) is 19.6. The third-order valence-electron chi connectivity index (χ3n) is 4.16. The van der Waals surface area contributed by atoms with E-state index in [0.29, 0.717) is 30.2 Å². The minimum absolute atomic E-state index is 0. The first-order valence-corrected chi connectivity index (χ1v) is 9.49. The Morgan fingerprint density at radius 1 is 1.10 bits per heavy atom. The second kappa shape index (κ2) is 13.8. The summed E-state index contributed by atoms with van der Waals surface area (Å²) in [7, 11) is 1.58. The molecule has 31 heavy (non-hydrogen) atoms. The number of benzene rings is 2. The first-order chi connectivity index (χ1) is 14.4. The first-order valence-electron chi connectivity index (χ1n) is 9.49. The van der Waals surface area contributed by atoms with E-state index in [-0.39, 0.29) is 42.2 Å². The highest BCUT2D eigenvalue weighted by molar-refractivity contribution is 14.0. The molecular formula is C21H27F2IN4O3. The summed E-state index contributed by atoms with van der Waals surface area (Å²) in [5.74, 6) is 0.402. The van der Waals surface area contributed by atoms with Crippen LogP contribution in [0.15, 0.2) is 53.5 Å². The molecule has 0 fully saturated rings. The van der Waals surface area contributed by atoms with Crippen LogP contribution in [0, 0.1) is 0 Å². The highest BCUT2D eigenvalue weighted by Crippen LogP contribution is 2.19. The normalized spacial score (nSPS) is 12.0. The number of aliphatic imine (C=N–C) groups is 1. The molecule has 0 aromatic heterocycles. The highest BCUT2D eigenvalue weighted by atomic mass is 127. The van der Waals surface area contributed by atoms with Gasteiger partial charge in [-0.15, -0.1) is 24.0 Å². The third kappa shape index (κ3) is 9.05. The summed E-state index contributed by atoms with van der Waals surface area (Å²) >= 11 is 0. The van der Waals surface area contributed by atoms with E-state index < -0.39 is 12.7 Å². The molecule has 7 nitrogen and oxygen atoms in total. The van der Waals surface area contributed by atoms with Crippen LogP contribution in [0.5, 0.6) is 5.75 Å².